The number of nitrogens with zero attached hydrogens (tertiary/aromatic N) is 1. The Kier molecular flexibility index (Phi) is 4.82. The molecule has 6 nitrogen and oxygen atoms in total. The van der Waals surface area contributed by atoms with Gasteiger partial charge in [-0.3, -0.25) is 9.52 Å². The van der Waals surface area contributed by atoms with Crippen molar-refractivity contribution >= 4 is 38.9 Å². The van der Waals surface area contributed by atoms with Crippen LogP contribution >= 0.6 is 11.6 Å². The maximum atomic E-state index is 13.3. The molecule has 0 aliphatic carbocycles. The average molecular weight is 384 g/mol. The monoisotopic (exact) mass is 383 g/mol. The number of para-hydroxylation sites is 2. The standard InChI is InChI=1S/C16H15ClFN3O3S/c17-12-9-11(5-6-13(12)18)25(23,24)20-14-3-1-2-4-15(14)21-8-7-19-16(22)10-21/h1-6,9,20H,7-8,10H2,(H,19,22). The van der Waals surface area contributed by atoms with Gasteiger partial charge in [0.25, 0.3) is 10.0 Å². The van der Waals surface area contributed by atoms with Crippen molar-refractivity contribution in [2.24, 2.45) is 0 Å². The number of carbonyl (C=O) groups is 1. The van der Waals surface area contributed by atoms with E-state index in [1.165, 1.54) is 0 Å². The molecule has 0 bridgehead atoms. The molecule has 2 N–H and O–H groups in total. The van der Waals surface area contributed by atoms with Gasteiger partial charge in [-0.25, -0.2) is 12.8 Å². The van der Waals surface area contributed by atoms with E-state index in [2.05, 4.69) is 10.0 Å². The molecule has 132 valence electrons. The summed E-state index contributed by atoms with van der Waals surface area (Å²) in [6.45, 7) is 1.18. The van der Waals surface area contributed by atoms with Gasteiger partial charge in [-0.2, -0.15) is 0 Å². The van der Waals surface area contributed by atoms with Crippen molar-refractivity contribution in [3.05, 3.63) is 53.3 Å². The maximum Gasteiger partial charge on any atom is 0.262 e. The molecule has 0 radical (unpaired) electrons. The second-order valence-corrected chi connectivity index (χ2v) is 7.56. The molecule has 0 unspecified atom stereocenters. The SMILES string of the molecule is O=C1CN(c2ccccc2NS(=O)(=O)c2ccc(F)c(Cl)c2)CCN1. The number of piperazine rings is 1. The number of amides is 1. The van der Waals surface area contributed by atoms with E-state index in [0.717, 1.165) is 18.2 Å². The third kappa shape index (κ3) is 3.85. The Morgan fingerprint density at radius 3 is 2.68 bits per heavy atom. The van der Waals surface area contributed by atoms with Gasteiger partial charge in [0.2, 0.25) is 5.91 Å². The summed E-state index contributed by atoms with van der Waals surface area (Å²) < 4.78 is 40.9. The van der Waals surface area contributed by atoms with Crippen molar-refractivity contribution in [3.8, 4) is 0 Å². The summed E-state index contributed by atoms with van der Waals surface area (Å²) in [5.41, 5.74) is 0.923. The van der Waals surface area contributed by atoms with E-state index in [0.29, 0.717) is 24.5 Å². The molecule has 0 atom stereocenters. The summed E-state index contributed by atoms with van der Waals surface area (Å²) in [4.78, 5) is 13.2. The third-order valence-corrected chi connectivity index (χ3v) is 5.38. The number of carbonyl (C=O) groups excluding carboxylic acids is 1. The highest BCUT2D eigenvalue weighted by Gasteiger charge is 2.22. The van der Waals surface area contributed by atoms with E-state index in [1.807, 2.05) is 0 Å². The first-order chi connectivity index (χ1) is 11.9. The van der Waals surface area contributed by atoms with E-state index in [4.69, 9.17) is 11.6 Å². The summed E-state index contributed by atoms with van der Waals surface area (Å²) >= 11 is 5.67. The molecule has 2 aromatic carbocycles. The van der Waals surface area contributed by atoms with Gasteiger partial charge in [-0.1, -0.05) is 23.7 Å². The minimum Gasteiger partial charge on any atom is -0.359 e. The lowest BCUT2D eigenvalue weighted by Gasteiger charge is -2.30. The summed E-state index contributed by atoms with van der Waals surface area (Å²) in [6, 6.07) is 9.96. The lowest BCUT2D eigenvalue weighted by Crippen LogP contribution is -2.47. The predicted octanol–water partition coefficient (Wildman–Crippen LogP) is 2.22. The predicted molar refractivity (Wildman–Crippen MR) is 93.9 cm³/mol. The quantitative estimate of drug-likeness (QED) is 0.848. The molecular formula is C16H15ClFN3O3S. The molecule has 0 spiro atoms. The van der Waals surface area contributed by atoms with Crippen LogP contribution < -0.4 is 14.9 Å². The molecule has 2 aromatic rings. The van der Waals surface area contributed by atoms with Gasteiger partial charge in [-0.05, 0) is 30.3 Å². The Bertz CT molecular complexity index is 921. The van der Waals surface area contributed by atoms with Crippen molar-refractivity contribution < 1.29 is 17.6 Å². The first-order valence-corrected chi connectivity index (χ1v) is 9.31. The van der Waals surface area contributed by atoms with E-state index < -0.39 is 15.8 Å². The second kappa shape index (κ2) is 6.89. The van der Waals surface area contributed by atoms with Gasteiger partial charge in [-0.15, -0.1) is 0 Å². The number of sulfonamides is 1. The van der Waals surface area contributed by atoms with E-state index in [-0.39, 0.29) is 22.4 Å². The van der Waals surface area contributed by atoms with Crippen molar-refractivity contribution in [2.75, 3.05) is 29.3 Å². The van der Waals surface area contributed by atoms with Crippen LogP contribution in [0, 0.1) is 5.82 Å². The average Bonchev–Trinajstić information content (AvgIpc) is 2.57. The molecule has 0 saturated carbocycles. The van der Waals surface area contributed by atoms with Gasteiger partial charge in [0, 0.05) is 13.1 Å². The first kappa shape index (κ1) is 17.5. The van der Waals surface area contributed by atoms with Crippen LogP contribution in [0.1, 0.15) is 0 Å². The normalized spacial score (nSPS) is 15.0. The third-order valence-electron chi connectivity index (χ3n) is 3.73. The van der Waals surface area contributed by atoms with Crippen LogP contribution in [0.4, 0.5) is 15.8 Å². The van der Waals surface area contributed by atoms with Crippen LogP contribution in [0.15, 0.2) is 47.4 Å². The van der Waals surface area contributed by atoms with Crippen molar-refractivity contribution in [1.29, 1.82) is 0 Å². The molecule has 9 heteroatoms. The van der Waals surface area contributed by atoms with Crippen LogP contribution in [0.3, 0.4) is 0 Å². The van der Waals surface area contributed by atoms with Gasteiger partial charge in [0.1, 0.15) is 5.82 Å². The topological polar surface area (TPSA) is 78.5 Å². The van der Waals surface area contributed by atoms with E-state index in [1.54, 1.807) is 29.2 Å². The first-order valence-electron chi connectivity index (χ1n) is 7.45. The summed E-state index contributed by atoms with van der Waals surface area (Å²) in [5.74, 6) is -0.824. The number of rotatable bonds is 4. The zero-order valence-corrected chi connectivity index (χ0v) is 14.6. The van der Waals surface area contributed by atoms with E-state index in [9.17, 15) is 17.6 Å². The Balaban J connectivity index is 1.92. The summed E-state index contributed by atoms with van der Waals surface area (Å²) in [5, 5.41) is 2.44. The maximum absolute atomic E-state index is 13.3. The molecule has 1 heterocycles. The molecular weight excluding hydrogens is 369 g/mol. The highest BCUT2D eigenvalue weighted by Crippen LogP contribution is 2.29. The van der Waals surface area contributed by atoms with Crippen molar-refractivity contribution in [2.45, 2.75) is 4.90 Å². The molecule has 25 heavy (non-hydrogen) atoms. The number of anilines is 2. The van der Waals surface area contributed by atoms with Crippen LogP contribution in [-0.4, -0.2) is 34.0 Å². The molecule has 0 aromatic heterocycles. The van der Waals surface area contributed by atoms with E-state index >= 15 is 0 Å². The number of benzene rings is 2. The minimum absolute atomic E-state index is 0.130. The molecule has 1 fully saturated rings. The Morgan fingerprint density at radius 1 is 1.20 bits per heavy atom. The fourth-order valence-corrected chi connectivity index (χ4v) is 3.87. The summed E-state index contributed by atoms with van der Waals surface area (Å²) in [6.07, 6.45) is 0. The second-order valence-electron chi connectivity index (χ2n) is 5.47. The van der Waals surface area contributed by atoms with Gasteiger partial charge < -0.3 is 10.2 Å². The van der Waals surface area contributed by atoms with Crippen LogP contribution in [0.5, 0.6) is 0 Å². The Labute approximate surface area is 149 Å². The van der Waals surface area contributed by atoms with Crippen molar-refractivity contribution in [1.82, 2.24) is 5.32 Å². The van der Waals surface area contributed by atoms with Crippen molar-refractivity contribution in [3.63, 3.8) is 0 Å². The fourth-order valence-electron chi connectivity index (χ4n) is 2.53. The van der Waals surface area contributed by atoms with Crippen LogP contribution in [-0.2, 0) is 14.8 Å². The molecule has 1 amide bonds. The summed E-state index contributed by atoms with van der Waals surface area (Å²) in [7, 11) is -3.96. The minimum atomic E-state index is -3.96. The van der Waals surface area contributed by atoms with Gasteiger partial charge in [0.05, 0.1) is 27.8 Å². The van der Waals surface area contributed by atoms with Crippen LogP contribution in [0.2, 0.25) is 5.02 Å². The highest BCUT2D eigenvalue weighted by atomic mass is 35.5. The smallest absolute Gasteiger partial charge is 0.262 e. The zero-order valence-electron chi connectivity index (χ0n) is 13.0. The van der Waals surface area contributed by atoms with Gasteiger partial charge >= 0.3 is 0 Å². The Hall–Kier alpha value is -2.32. The number of nitrogens with one attached hydrogen (secondary N) is 2. The lowest BCUT2D eigenvalue weighted by molar-refractivity contribution is -0.120. The lowest BCUT2D eigenvalue weighted by atomic mass is 10.2. The molecule has 3 rings (SSSR count). The highest BCUT2D eigenvalue weighted by molar-refractivity contribution is 7.92. The molecule has 1 saturated heterocycles. The largest absolute Gasteiger partial charge is 0.359 e. The number of hydrogen-bond acceptors (Lipinski definition) is 4. The fraction of sp³-hybridized carbons (Fsp3) is 0.188. The van der Waals surface area contributed by atoms with Crippen LogP contribution in [0.25, 0.3) is 0 Å². The zero-order chi connectivity index (χ0) is 18.0. The molecule has 1 aliphatic heterocycles. The van der Waals surface area contributed by atoms with Gasteiger partial charge in [0.15, 0.2) is 0 Å². The number of halogens is 2. The Morgan fingerprint density at radius 2 is 1.96 bits per heavy atom. The number of hydrogen-bond donors (Lipinski definition) is 2. The molecule has 1 aliphatic rings.